The second-order valence-electron chi connectivity index (χ2n) is 7.76. The molecule has 29 heavy (non-hydrogen) atoms. The molecule has 8 heteroatoms. The summed E-state index contributed by atoms with van der Waals surface area (Å²) in [6.45, 7) is 8.66. The Morgan fingerprint density at radius 3 is 2.59 bits per heavy atom. The van der Waals surface area contributed by atoms with E-state index < -0.39 is 12.0 Å². The van der Waals surface area contributed by atoms with Gasteiger partial charge in [-0.1, -0.05) is 11.8 Å². The van der Waals surface area contributed by atoms with Gasteiger partial charge in [-0.3, -0.25) is 4.79 Å². The molecule has 1 aliphatic rings. The Kier molecular flexibility index (Phi) is 8.50. The molecule has 0 radical (unpaired) electrons. The average Bonchev–Trinajstić information content (AvgIpc) is 3.11. The number of anilines is 1. The standard InChI is InChI=1S/C21H30N2O5S/c1-21(2,3)8-6-15-14-17(18(29-15)20(25)27-5)22-16(7-11-26-4)19(24)23-9-12-28-13-10-23/h14,16,22H,7,9-13H2,1-5H3/t16-/m0/s1. The molecule has 0 bridgehead atoms. The number of hydrogen-bond donors (Lipinski definition) is 1. The molecule has 1 amide bonds. The summed E-state index contributed by atoms with van der Waals surface area (Å²) in [6.07, 6.45) is 0.478. The smallest absolute Gasteiger partial charge is 0.350 e. The Morgan fingerprint density at radius 2 is 2.00 bits per heavy atom. The maximum atomic E-state index is 13.0. The summed E-state index contributed by atoms with van der Waals surface area (Å²) in [6, 6.07) is 1.29. The summed E-state index contributed by atoms with van der Waals surface area (Å²) in [5.41, 5.74) is 0.402. The van der Waals surface area contributed by atoms with Crippen LogP contribution in [-0.2, 0) is 19.0 Å². The molecule has 2 heterocycles. The zero-order valence-electron chi connectivity index (χ0n) is 17.8. The van der Waals surface area contributed by atoms with Crippen LogP contribution in [0.3, 0.4) is 0 Å². The van der Waals surface area contributed by atoms with Gasteiger partial charge in [-0.05, 0) is 33.3 Å². The Morgan fingerprint density at radius 1 is 1.31 bits per heavy atom. The number of nitrogens with zero attached hydrogens (tertiary/aromatic N) is 1. The largest absolute Gasteiger partial charge is 0.465 e. The number of ether oxygens (including phenoxy) is 3. The van der Waals surface area contributed by atoms with Crippen LogP contribution < -0.4 is 5.32 Å². The number of hydrogen-bond acceptors (Lipinski definition) is 7. The van der Waals surface area contributed by atoms with Crippen molar-refractivity contribution in [1.29, 1.82) is 0 Å². The van der Waals surface area contributed by atoms with Crippen LogP contribution in [0.25, 0.3) is 0 Å². The Balaban J connectivity index is 2.29. The monoisotopic (exact) mass is 422 g/mol. The molecule has 7 nitrogen and oxygen atoms in total. The summed E-state index contributed by atoms with van der Waals surface area (Å²) < 4.78 is 15.4. The highest BCUT2D eigenvalue weighted by molar-refractivity contribution is 7.15. The van der Waals surface area contributed by atoms with Crippen LogP contribution in [-0.4, -0.2) is 69.9 Å². The van der Waals surface area contributed by atoms with Gasteiger partial charge in [0.25, 0.3) is 0 Å². The summed E-state index contributed by atoms with van der Waals surface area (Å²) in [4.78, 5) is 28.2. The summed E-state index contributed by atoms with van der Waals surface area (Å²) in [7, 11) is 2.94. The maximum absolute atomic E-state index is 13.0. The van der Waals surface area contributed by atoms with Gasteiger partial charge in [0.05, 0.1) is 30.9 Å². The van der Waals surface area contributed by atoms with E-state index in [0.29, 0.717) is 49.9 Å². The van der Waals surface area contributed by atoms with Gasteiger partial charge in [-0.15, -0.1) is 11.3 Å². The first-order valence-corrected chi connectivity index (χ1v) is 10.4. The van der Waals surface area contributed by atoms with E-state index in [4.69, 9.17) is 14.2 Å². The number of carbonyl (C=O) groups is 2. The van der Waals surface area contributed by atoms with Gasteiger partial charge in [0.2, 0.25) is 5.91 Å². The molecule has 1 aliphatic heterocycles. The second kappa shape index (κ2) is 10.6. The predicted octanol–water partition coefficient (Wildman–Crippen LogP) is 2.61. The number of nitrogens with one attached hydrogen (secondary N) is 1. The summed E-state index contributed by atoms with van der Waals surface area (Å²) in [5.74, 6) is 5.80. The first-order valence-electron chi connectivity index (χ1n) is 9.62. The lowest BCUT2D eigenvalue weighted by atomic mass is 9.98. The molecular weight excluding hydrogens is 392 g/mol. The van der Waals surface area contributed by atoms with Crippen LogP contribution in [0.1, 0.15) is 41.7 Å². The minimum atomic E-state index is -0.519. The van der Waals surface area contributed by atoms with Crippen LogP contribution in [0.15, 0.2) is 6.07 Å². The van der Waals surface area contributed by atoms with Crippen LogP contribution in [0.4, 0.5) is 5.69 Å². The number of thiophene rings is 1. The molecule has 1 saturated heterocycles. The fourth-order valence-electron chi connectivity index (χ4n) is 2.74. The molecule has 1 fully saturated rings. The number of esters is 1. The van der Waals surface area contributed by atoms with Gasteiger partial charge >= 0.3 is 5.97 Å². The first kappa shape index (κ1) is 23.2. The van der Waals surface area contributed by atoms with Crippen molar-refractivity contribution in [2.75, 3.05) is 52.4 Å². The van der Waals surface area contributed by atoms with Crippen LogP contribution in [0.2, 0.25) is 0 Å². The van der Waals surface area contributed by atoms with E-state index in [1.165, 1.54) is 18.4 Å². The highest BCUT2D eigenvalue weighted by Gasteiger charge is 2.28. The van der Waals surface area contributed by atoms with Crippen molar-refractivity contribution in [3.05, 3.63) is 15.8 Å². The molecule has 0 saturated carbocycles. The van der Waals surface area contributed by atoms with Gasteiger partial charge < -0.3 is 24.4 Å². The van der Waals surface area contributed by atoms with Crippen molar-refractivity contribution in [2.24, 2.45) is 5.41 Å². The Hall–Kier alpha value is -2.08. The third-order valence-corrected chi connectivity index (χ3v) is 5.26. The highest BCUT2D eigenvalue weighted by Crippen LogP contribution is 2.29. The molecule has 1 aromatic heterocycles. The number of morpholine rings is 1. The average molecular weight is 423 g/mol. The molecule has 0 aliphatic carbocycles. The topological polar surface area (TPSA) is 77.1 Å². The number of methoxy groups -OCH3 is 2. The lowest BCUT2D eigenvalue weighted by Gasteiger charge is -2.31. The normalized spacial score (nSPS) is 15.3. The highest BCUT2D eigenvalue weighted by atomic mass is 32.1. The summed E-state index contributed by atoms with van der Waals surface area (Å²) in [5, 5.41) is 3.24. The maximum Gasteiger partial charge on any atom is 0.350 e. The van der Waals surface area contributed by atoms with E-state index in [1.54, 1.807) is 12.0 Å². The fraction of sp³-hybridized carbons (Fsp3) is 0.619. The molecule has 160 valence electrons. The van der Waals surface area contributed by atoms with Gasteiger partial charge in [-0.25, -0.2) is 4.79 Å². The lowest BCUT2D eigenvalue weighted by Crippen LogP contribution is -2.48. The van der Waals surface area contributed by atoms with Gasteiger partial charge in [0.15, 0.2) is 0 Å². The van der Waals surface area contributed by atoms with Crippen LogP contribution in [0, 0.1) is 17.3 Å². The molecule has 0 unspecified atom stereocenters. The Bertz CT molecular complexity index is 766. The molecule has 1 atom stereocenters. The van der Waals surface area contributed by atoms with E-state index in [9.17, 15) is 9.59 Å². The lowest BCUT2D eigenvalue weighted by molar-refractivity contribution is -0.136. The molecule has 1 N–H and O–H groups in total. The number of carbonyl (C=O) groups excluding carboxylic acids is 2. The minimum Gasteiger partial charge on any atom is -0.465 e. The van der Waals surface area contributed by atoms with Crippen molar-refractivity contribution in [3.63, 3.8) is 0 Å². The number of amides is 1. The quantitative estimate of drug-likeness (QED) is 0.538. The fourth-order valence-corrected chi connectivity index (χ4v) is 3.63. The molecule has 0 aromatic carbocycles. The third kappa shape index (κ3) is 7.03. The molecular formula is C21H30N2O5S. The first-order chi connectivity index (χ1) is 13.7. The SMILES string of the molecule is COCC[C@H](Nc1cc(C#CC(C)(C)C)sc1C(=O)OC)C(=O)N1CCOCC1. The molecule has 1 aromatic rings. The second-order valence-corrected chi connectivity index (χ2v) is 8.81. The van der Waals surface area contributed by atoms with Gasteiger partial charge in [-0.2, -0.15) is 0 Å². The van der Waals surface area contributed by atoms with Crippen LogP contribution >= 0.6 is 11.3 Å². The van der Waals surface area contributed by atoms with E-state index in [2.05, 4.69) is 17.2 Å². The number of rotatable bonds is 7. The molecule has 2 rings (SSSR count). The van der Waals surface area contributed by atoms with E-state index in [1.807, 2.05) is 26.8 Å². The van der Waals surface area contributed by atoms with Crippen molar-refractivity contribution in [1.82, 2.24) is 4.90 Å². The van der Waals surface area contributed by atoms with E-state index in [0.717, 1.165) is 4.88 Å². The minimum absolute atomic E-state index is 0.0327. The van der Waals surface area contributed by atoms with Crippen molar-refractivity contribution < 1.29 is 23.8 Å². The van der Waals surface area contributed by atoms with E-state index in [-0.39, 0.29) is 11.3 Å². The molecule has 0 spiro atoms. The van der Waals surface area contributed by atoms with Crippen molar-refractivity contribution in [3.8, 4) is 11.8 Å². The van der Waals surface area contributed by atoms with Gasteiger partial charge in [0, 0.05) is 32.2 Å². The zero-order valence-corrected chi connectivity index (χ0v) is 18.6. The van der Waals surface area contributed by atoms with Crippen molar-refractivity contribution >= 4 is 28.9 Å². The third-order valence-electron chi connectivity index (χ3n) is 4.22. The van der Waals surface area contributed by atoms with E-state index >= 15 is 0 Å². The zero-order chi connectivity index (χ0) is 21.4. The summed E-state index contributed by atoms with van der Waals surface area (Å²) >= 11 is 1.26. The van der Waals surface area contributed by atoms with Crippen molar-refractivity contribution in [2.45, 2.75) is 33.2 Å². The van der Waals surface area contributed by atoms with Gasteiger partial charge in [0.1, 0.15) is 10.9 Å². The Labute approximate surface area is 176 Å². The predicted molar refractivity (Wildman–Crippen MR) is 113 cm³/mol. The van der Waals surface area contributed by atoms with Crippen LogP contribution in [0.5, 0.6) is 0 Å².